The molecule has 0 N–H and O–H groups in total. The van der Waals surface area contributed by atoms with Crippen LogP contribution >= 0.6 is 0 Å². The number of amides is 1. The summed E-state index contributed by atoms with van der Waals surface area (Å²) in [4.78, 5) is 14.0. The topological polar surface area (TPSA) is 45.1 Å². The van der Waals surface area contributed by atoms with Crippen molar-refractivity contribution in [2.75, 3.05) is 39.9 Å². The van der Waals surface area contributed by atoms with E-state index in [-0.39, 0.29) is 5.91 Å². The quantitative estimate of drug-likeness (QED) is 0.633. The second-order valence-electron chi connectivity index (χ2n) is 4.16. The number of likely N-dealkylation sites (N-methyl/N-ethyl adjacent to an activating group) is 1. The Balaban J connectivity index is 2.09. The Kier molecular flexibility index (Phi) is 3.24. The number of hydrazone groups is 1. The molecule has 0 aromatic rings. The zero-order chi connectivity index (χ0) is 11.5. The Hall–Kier alpha value is -1.36. The summed E-state index contributed by atoms with van der Waals surface area (Å²) in [6.45, 7) is 5.33. The van der Waals surface area contributed by atoms with Gasteiger partial charge in [-0.05, 0) is 12.5 Å². The molecule has 5 heteroatoms. The molecule has 0 bridgehead atoms. The third-order valence-electron chi connectivity index (χ3n) is 2.84. The molecule has 0 saturated carbocycles. The number of morpholine rings is 1. The highest BCUT2D eigenvalue weighted by molar-refractivity contribution is 6.13. The summed E-state index contributed by atoms with van der Waals surface area (Å²) in [5.41, 5.74) is 1.81. The lowest BCUT2D eigenvalue weighted by atomic mass is 10.1. The van der Waals surface area contributed by atoms with E-state index >= 15 is 0 Å². The molecule has 0 unspecified atom stereocenters. The Labute approximate surface area is 95.3 Å². The van der Waals surface area contributed by atoms with Gasteiger partial charge in [0.05, 0.1) is 31.5 Å². The van der Waals surface area contributed by atoms with Crippen molar-refractivity contribution in [2.24, 2.45) is 5.10 Å². The Morgan fingerprint density at radius 1 is 1.44 bits per heavy atom. The fraction of sp³-hybridized carbons (Fsp3) is 0.636. The molecule has 2 aliphatic rings. The molecule has 0 aromatic heterocycles. The van der Waals surface area contributed by atoms with E-state index in [0.717, 1.165) is 17.7 Å². The SMILES string of the molecule is CC1=C(C(=O)N2CCOCC2)C=NN(C)C1. The fourth-order valence-corrected chi connectivity index (χ4v) is 1.91. The maximum atomic E-state index is 12.2. The standard InChI is InChI=1S/C11H17N3O2/c1-9-8-13(2)12-7-10(9)11(15)14-3-5-16-6-4-14/h7H,3-6,8H2,1-2H3. The van der Waals surface area contributed by atoms with Crippen molar-refractivity contribution >= 4 is 12.1 Å². The van der Waals surface area contributed by atoms with Crippen molar-refractivity contribution in [2.45, 2.75) is 6.92 Å². The van der Waals surface area contributed by atoms with Crippen LogP contribution in [0.4, 0.5) is 0 Å². The summed E-state index contributed by atoms with van der Waals surface area (Å²) in [5, 5.41) is 5.97. The van der Waals surface area contributed by atoms with E-state index in [9.17, 15) is 4.79 Å². The molecule has 0 aliphatic carbocycles. The van der Waals surface area contributed by atoms with Crippen LogP contribution in [0.15, 0.2) is 16.2 Å². The molecule has 16 heavy (non-hydrogen) atoms. The smallest absolute Gasteiger partial charge is 0.255 e. The molecule has 0 aromatic carbocycles. The lowest BCUT2D eigenvalue weighted by Gasteiger charge is -2.29. The largest absolute Gasteiger partial charge is 0.378 e. The van der Waals surface area contributed by atoms with Crippen LogP contribution in [0.1, 0.15) is 6.92 Å². The highest BCUT2D eigenvalue weighted by atomic mass is 16.5. The maximum Gasteiger partial charge on any atom is 0.255 e. The predicted octanol–water partition coefficient (Wildman–Crippen LogP) is 0.0929. The lowest BCUT2D eigenvalue weighted by molar-refractivity contribution is -0.130. The van der Waals surface area contributed by atoms with Crippen LogP contribution in [-0.4, -0.2) is 61.9 Å². The molecule has 0 spiro atoms. The molecule has 2 aliphatic heterocycles. The van der Waals surface area contributed by atoms with E-state index < -0.39 is 0 Å². The minimum atomic E-state index is 0.0812. The molecule has 5 nitrogen and oxygen atoms in total. The van der Waals surface area contributed by atoms with E-state index in [1.54, 1.807) is 6.21 Å². The van der Waals surface area contributed by atoms with E-state index in [1.807, 2.05) is 23.9 Å². The first-order chi connectivity index (χ1) is 7.68. The summed E-state index contributed by atoms with van der Waals surface area (Å²) in [5.74, 6) is 0.0812. The average molecular weight is 223 g/mol. The van der Waals surface area contributed by atoms with Gasteiger partial charge in [-0.3, -0.25) is 9.80 Å². The van der Waals surface area contributed by atoms with Crippen LogP contribution in [0.5, 0.6) is 0 Å². The molecule has 0 radical (unpaired) electrons. The van der Waals surface area contributed by atoms with Gasteiger partial charge in [-0.2, -0.15) is 5.10 Å². The molecule has 2 rings (SSSR count). The van der Waals surface area contributed by atoms with E-state index in [2.05, 4.69) is 5.10 Å². The molecule has 1 fully saturated rings. The average Bonchev–Trinajstić information content (AvgIpc) is 2.29. The number of carbonyl (C=O) groups excluding carboxylic acids is 1. The van der Waals surface area contributed by atoms with Gasteiger partial charge in [-0.1, -0.05) is 0 Å². The number of carbonyl (C=O) groups is 1. The Morgan fingerprint density at radius 3 is 2.75 bits per heavy atom. The number of hydrogen-bond acceptors (Lipinski definition) is 4. The summed E-state index contributed by atoms with van der Waals surface area (Å²) >= 11 is 0. The highest BCUT2D eigenvalue weighted by Crippen LogP contribution is 2.13. The van der Waals surface area contributed by atoms with Crippen LogP contribution in [0, 0.1) is 0 Å². The molecule has 1 saturated heterocycles. The second kappa shape index (κ2) is 4.65. The van der Waals surface area contributed by atoms with Crippen molar-refractivity contribution in [3.63, 3.8) is 0 Å². The second-order valence-corrected chi connectivity index (χ2v) is 4.16. The number of ether oxygens (including phenoxy) is 1. The van der Waals surface area contributed by atoms with Crippen molar-refractivity contribution in [1.29, 1.82) is 0 Å². The van der Waals surface area contributed by atoms with Gasteiger partial charge >= 0.3 is 0 Å². The van der Waals surface area contributed by atoms with Crippen molar-refractivity contribution in [3.05, 3.63) is 11.1 Å². The zero-order valence-electron chi connectivity index (χ0n) is 9.77. The van der Waals surface area contributed by atoms with Crippen LogP contribution in [0.2, 0.25) is 0 Å². The normalized spacial score (nSPS) is 21.6. The summed E-state index contributed by atoms with van der Waals surface area (Å²) in [7, 11) is 1.90. The third-order valence-corrected chi connectivity index (χ3v) is 2.84. The van der Waals surface area contributed by atoms with Crippen molar-refractivity contribution in [3.8, 4) is 0 Å². The minimum absolute atomic E-state index is 0.0812. The van der Waals surface area contributed by atoms with E-state index in [4.69, 9.17) is 4.74 Å². The maximum absolute atomic E-state index is 12.2. The van der Waals surface area contributed by atoms with Gasteiger partial charge in [0.25, 0.3) is 5.91 Å². The first-order valence-corrected chi connectivity index (χ1v) is 5.50. The van der Waals surface area contributed by atoms with Gasteiger partial charge in [-0.25, -0.2) is 0 Å². The van der Waals surface area contributed by atoms with Gasteiger partial charge in [0.2, 0.25) is 0 Å². The lowest BCUT2D eigenvalue weighted by Crippen LogP contribution is -2.42. The van der Waals surface area contributed by atoms with Crippen molar-refractivity contribution in [1.82, 2.24) is 9.91 Å². The molecule has 0 atom stereocenters. The monoisotopic (exact) mass is 223 g/mol. The fourth-order valence-electron chi connectivity index (χ4n) is 1.91. The number of hydrogen-bond donors (Lipinski definition) is 0. The van der Waals surface area contributed by atoms with Gasteiger partial charge in [0.15, 0.2) is 0 Å². The summed E-state index contributed by atoms with van der Waals surface area (Å²) < 4.78 is 5.23. The van der Waals surface area contributed by atoms with Gasteiger partial charge < -0.3 is 9.64 Å². The van der Waals surface area contributed by atoms with Crippen molar-refractivity contribution < 1.29 is 9.53 Å². The minimum Gasteiger partial charge on any atom is -0.378 e. The van der Waals surface area contributed by atoms with E-state index in [0.29, 0.717) is 26.3 Å². The first-order valence-electron chi connectivity index (χ1n) is 5.50. The molecule has 88 valence electrons. The predicted molar refractivity (Wildman–Crippen MR) is 61.2 cm³/mol. The zero-order valence-corrected chi connectivity index (χ0v) is 9.77. The van der Waals surface area contributed by atoms with Crippen LogP contribution in [-0.2, 0) is 9.53 Å². The molecular weight excluding hydrogens is 206 g/mol. The number of nitrogens with zero attached hydrogens (tertiary/aromatic N) is 3. The van der Waals surface area contributed by atoms with Gasteiger partial charge in [-0.15, -0.1) is 0 Å². The molecule has 1 amide bonds. The van der Waals surface area contributed by atoms with Gasteiger partial charge in [0, 0.05) is 20.1 Å². The van der Waals surface area contributed by atoms with Crippen LogP contribution in [0.3, 0.4) is 0 Å². The first kappa shape index (κ1) is 11.1. The summed E-state index contributed by atoms with van der Waals surface area (Å²) in [6.07, 6.45) is 1.66. The Bertz CT molecular complexity index is 343. The van der Waals surface area contributed by atoms with E-state index in [1.165, 1.54) is 0 Å². The molecular formula is C11H17N3O2. The molecule has 2 heterocycles. The number of rotatable bonds is 1. The van der Waals surface area contributed by atoms with Gasteiger partial charge in [0.1, 0.15) is 0 Å². The third kappa shape index (κ3) is 2.24. The Morgan fingerprint density at radius 2 is 2.12 bits per heavy atom. The summed E-state index contributed by atoms with van der Waals surface area (Å²) in [6, 6.07) is 0. The van der Waals surface area contributed by atoms with Crippen LogP contribution in [0.25, 0.3) is 0 Å². The van der Waals surface area contributed by atoms with Crippen LogP contribution < -0.4 is 0 Å². The highest BCUT2D eigenvalue weighted by Gasteiger charge is 2.23.